The molecule has 2 saturated carbocycles. The number of aliphatic hydroxyl groups is 2. The Balaban J connectivity index is 0.986. The van der Waals surface area contributed by atoms with E-state index in [1.807, 2.05) is 0 Å². The number of aromatic carboxylic acids is 1. The predicted octanol–water partition coefficient (Wildman–Crippen LogP) is 7.53. The van der Waals surface area contributed by atoms with Gasteiger partial charge in [-0.1, -0.05) is 86.6 Å². The van der Waals surface area contributed by atoms with E-state index in [2.05, 4.69) is 10.6 Å². The summed E-state index contributed by atoms with van der Waals surface area (Å²) in [4.78, 5) is 142. The van der Waals surface area contributed by atoms with Gasteiger partial charge >= 0.3 is 35.8 Å². The van der Waals surface area contributed by atoms with Gasteiger partial charge in [-0.2, -0.15) is 0 Å². The van der Waals surface area contributed by atoms with E-state index in [0.29, 0.717) is 0 Å². The molecule has 3 fully saturated rings. The molecule has 12 atom stereocenters. The molecular formula is C71H65FN2O21. The zero-order valence-corrected chi connectivity index (χ0v) is 52.2. The second kappa shape index (κ2) is 25.1. The number of carboxylic acids is 1. The number of aromatic hydroxyl groups is 1. The number of ketones is 1. The number of amides is 2. The topological polar surface area (TPSA) is 344 Å². The third-order valence-corrected chi connectivity index (χ3v) is 18.9. The van der Waals surface area contributed by atoms with E-state index in [4.69, 9.17) is 32.8 Å². The fourth-order valence-electron chi connectivity index (χ4n) is 14.2. The number of rotatable bonds is 16. The number of ether oxygens (including phenoxy) is 6. The molecule has 2 aliphatic heterocycles. The van der Waals surface area contributed by atoms with Crippen molar-refractivity contribution in [3.8, 4) is 28.2 Å². The number of halogens is 1. The average molecular weight is 1300 g/mol. The number of hydrogen-bond acceptors (Lipinski definition) is 20. The molecule has 5 aromatic rings. The fraction of sp³-hybridized carbons (Fsp3) is 0.324. The van der Waals surface area contributed by atoms with Gasteiger partial charge in [0.2, 0.25) is 0 Å². The van der Waals surface area contributed by atoms with Gasteiger partial charge in [0.25, 0.3) is 11.8 Å². The first-order valence-electron chi connectivity index (χ1n) is 30.3. The minimum atomic E-state index is -2.64. The van der Waals surface area contributed by atoms with Crippen molar-refractivity contribution in [1.29, 1.82) is 0 Å². The number of carbonyl (C=O) groups is 9. The third-order valence-electron chi connectivity index (χ3n) is 18.9. The van der Waals surface area contributed by atoms with Crippen LogP contribution in [0.3, 0.4) is 0 Å². The Hall–Kier alpha value is -10.4. The maximum absolute atomic E-state index is 16.6. The minimum Gasteiger partial charge on any atom is -0.505 e. The summed E-state index contributed by atoms with van der Waals surface area (Å²) >= 11 is 0. The molecule has 2 amide bonds. The van der Waals surface area contributed by atoms with Gasteiger partial charge < -0.3 is 63.9 Å². The highest BCUT2D eigenvalue weighted by Crippen LogP contribution is 2.65. The summed E-state index contributed by atoms with van der Waals surface area (Å²) in [6.45, 7) is 8.46. The van der Waals surface area contributed by atoms with Gasteiger partial charge in [-0.3, -0.25) is 28.8 Å². The number of esters is 5. The van der Waals surface area contributed by atoms with Crippen LogP contribution >= 0.6 is 0 Å². The standard InChI is InChI=1S/C71H65FN2O21/c1-34-51(92-67(87)57(79)56(38-17-11-8-12-18-38)74-62(81)39-19-13-9-14-20-39)32-71(88)61(94-66(86)40-21-15-10-16-22-40)59-69(7,60(80)58(90-36(3)75)55(34)68(71,5)6)52(31-53-70(59,33-89-53)95-37(4)76)93-65(85)35(2)73-63(82)41-23-25-43(45(27-41)64(83)84)54-44-26-24-42(77)28-49(44)91-50-30-48(78)47(72)29-46(50)54/h8-30,35,51-53,56-59,61,78-79,88H,31-33H2,1-7H3,(H,73,82)(H,74,81)(H,83,84)/t35?,51-,52-,53+,56-,57+,58+,59?,61?,69+,70-,71+/m0/s1. The van der Waals surface area contributed by atoms with Crippen LogP contribution in [-0.4, -0.2) is 134 Å². The summed E-state index contributed by atoms with van der Waals surface area (Å²) in [6.07, 6.45) is -12.3. The van der Waals surface area contributed by atoms with E-state index < -0.39 is 172 Å². The lowest BCUT2D eigenvalue weighted by Gasteiger charge is -2.67. The zero-order valence-electron chi connectivity index (χ0n) is 52.2. The Labute approximate surface area is 541 Å². The van der Waals surface area contributed by atoms with E-state index in [1.54, 1.807) is 54.6 Å². The van der Waals surface area contributed by atoms with Crippen molar-refractivity contribution >= 4 is 64.4 Å². The van der Waals surface area contributed by atoms with Gasteiger partial charge in [-0.05, 0) is 97.6 Å². The lowest BCUT2D eigenvalue weighted by molar-refractivity contribution is -0.346. The van der Waals surface area contributed by atoms with Gasteiger partial charge in [0.05, 0.1) is 35.1 Å². The SMILES string of the molecule is CC(=O)O[C@H]1C(=O)[C@@]2(C)C(C(OC(=O)c3ccccc3)[C@]3(O)C[C@H](OC(=O)[C@H](O)[C@@H](NC(=O)c4ccccc4)c4ccccc4)C(C)=C1C3(C)C)[C@]1(OC(C)=O)CO[C@@H]1C[C@@H]2OC(=O)C(C)NC(=O)c1ccc(-c2c3ccc(=O)cc-3oc3cc(O)c(F)cc23)c(C(=O)O)c1. The Morgan fingerprint density at radius 2 is 1.35 bits per heavy atom. The Morgan fingerprint density at radius 3 is 1.97 bits per heavy atom. The van der Waals surface area contributed by atoms with Gasteiger partial charge in [0.15, 0.2) is 40.6 Å². The summed E-state index contributed by atoms with van der Waals surface area (Å²) < 4.78 is 58.5. The molecule has 492 valence electrons. The van der Waals surface area contributed by atoms with Crippen molar-refractivity contribution in [3.63, 3.8) is 0 Å². The normalized spacial score (nSPS) is 25.1. The second-order valence-corrected chi connectivity index (χ2v) is 25.0. The van der Waals surface area contributed by atoms with Gasteiger partial charge in [-0.25, -0.2) is 23.6 Å². The molecule has 0 radical (unpaired) electrons. The van der Waals surface area contributed by atoms with Crippen LogP contribution in [0.25, 0.3) is 33.4 Å². The number of hydrogen-bond donors (Lipinski definition) is 6. The van der Waals surface area contributed by atoms with Crippen LogP contribution in [0.2, 0.25) is 0 Å². The van der Waals surface area contributed by atoms with Crippen molar-refractivity contribution in [2.45, 2.75) is 121 Å². The summed E-state index contributed by atoms with van der Waals surface area (Å²) in [5.41, 5.74) is -10.00. The van der Waals surface area contributed by atoms with Crippen molar-refractivity contribution in [3.05, 3.63) is 195 Å². The minimum absolute atomic E-state index is 0.00309. The molecule has 24 heteroatoms. The Morgan fingerprint density at radius 1 is 0.716 bits per heavy atom. The third kappa shape index (κ3) is 11.6. The molecule has 11 rings (SSSR count). The highest BCUT2D eigenvalue weighted by atomic mass is 19.1. The molecule has 2 bridgehead atoms. The van der Waals surface area contributed by atoms with Crippen LogP contribution in [0.4, 0.5) is 4.39 Å². The van der Waals surface area contributed by atoms with Crippen LogP contribution in [0.15, 0.2) is 160 Å². The lowest BCUT2D eigenvalue weighted by Crippen LogP contribution is -2.82. The quantitative estimate of drug-likeness (QED) is 0.0236. The molecule has 2 heterocycles. The summed E-state index contributed by atoms with van der Waals surface area (Å²) in [5, 5.41) is 52.4. The number of carbonyl (C=O) groups excluding carboxylic acids is 8. The molecule has 6 aliphatic rings. The van der Waals surface area contributed by atoms with Gasteiger partial charge in [0.1, 0.15) is 47.4 Å². The first-order valence-corrected chi connectivity index (χ1v) is 30.3. The monoisotopic (exact) mass is 1300 g/mol. The maximum atomic E-state index is 16.6. The zero-order chi connectivity index (χ0) is 68.4. The van der Waals surface area contributed by atoms with Gasteiger partial charge in [0, 0.05) is 71.9 Å². The first-order chi connectivity index (χ1) is 45.0. The largest absolute Gasteiger partial charge is 0.505 e. The Bertz CT molecular complexity index is 4360. The molecular weight excluding hydrogens is 1240 g/mol. The van der Waals surface area contributed by atoms with Crippen LogP contribution in [0.5, 0.6) is 5.75 Å². The number of phenols is 1. The molecule has 95 heavy (non-hydrogen) atoms. The van der Waals surface area contributed by atoms with E-state index in [1.165, 1.54) is 95.3 Å². The molecule has 0 spiro atoms. The van der Waals surface area contributed by atoms with Crippen LogP contribution < -0.4 is 16.1 Å². The second-order valence-electron chi connectivity index (χ2n) is 25.0. The number of fused-ring (bicyclic) bond motifs is 7. The van der Waals surface area contributed by atoms with Crippen molar-refractivity contribution in [1.82, 2.24) is 10.6 Å². The molecule has 23 nitrogen and oxygen atoms in total. The van der Waals surface area contributed by atoms with Crippen molar-refractivity contribution in [2.24, 2.45) is 16.7 Å². The van der Waals surface area contributed by atoms with Crippen LogP contribution in [-0.2, 0) is 52.4 Å². The van der Waals surface area contributed by atoms with Crippen molar-refractivity contribution in [2.75, 3.05) is 6.61 Å². The first kappa shape index (κ1) is 66.0. The molecule has 1 saturated heterocycles. The fourth-order valence-corrected chi connectivity index (χ4v) is 14.2. The van der Waals surface area contributed by atoms with Crippen LogP contribution in [0, 0.1) is 22.6 Å². The number of Topliss-reactive ketones (excluding diaryl/α,β-unsaturated/α-hetero) is 1. The van der Waals surface area contributed by atoms with Crippen molar-refractivity contribution < 1.29 is 101 Å². The smallest absolute Gasteiger partial charge is 0.338 e. The number of aliphatic hydroxyl groups excluding tert-OH is 1. The molecule has 6 N–H and O–H groups in total. The summed E-state index contributed by atoms with van der Waals surface area (Å²) in [5.74, 6) is -13.7. The Kier molecular flexibility index (Phi) is 17.5. The van der Waals surface area contributed by atoms with E-state index in [0.717, 1.165) is 38.1 Å². The number of phenolic OH excluding ortho intramolecular Hbond substituents is 1. The summed E-state index contributed by atoms with van der Waals surface area (Å²) in [7, 11) is 0. The van der Waals surface area contributed by atoms with Gasteiger partial charge in [-0.15, -0.1) is 0 Å². The lowest BCUT2D eigenvalue weighted by atomic mass is 9.44. The highest BCUT2D eigenvalue weighted by molar-refractivity contribution is 6.09. The average Bonchev–Trinajstić information content (AvgIpc) is 0.668. The highest BCUT2D eigenvalue weighted by Gasteiger charge is 2.79. The number of benzene rings is 6. The molecule has 5 aromatic carbocycles. The van der Waals surface area contributed by atoms with Crippen LogP contribution in [0.1, 0.15) is 114 Å². The maximum Gasteiger partial charge on any atom is 0.338 e. The molecule has 4 aliphatic carbocycles. The molecule has 3 unspecified atom stereocenters. The molecule has 0 aromatic heterocycles. The number of carboxylic acid groups (broad SMARTS) is 1. The van der Waals surface area contributed by atoms with E-state index >= 15 is 9.18 Å². The van der Waals surface area contributed by atoms with E-state index in [9.17, 15) is 63.6 Å². The number of nitrogens with one attached hydrogen (secondary N) is 2. The van der Waals surface area contributed by atoms with E-state index in [-0.39, 0.29) is 66.8 Å². The summed E-state index contributed by atoms with van der Waals surface area (Å²) in [6, 6.07) is 29.3. The predicted molar refractivity (Wildman–Crippen MR) is 332 cm³/mol.